The summed E-state index contributed by atoms with van der Waals surface area (Å²) in [5, 5.41) is 0. The molecule has 0 aromatic heterocycles. The summed E-state index contributed by atoms with van der Waals surface area (Å²) in [4.78, 5) is 2.24. The van der Waals surface area contributed by atoms with Gasteiger partial charge >= 0.3 is 0 Å². The predicted molar refractivity (Wildman–Crippen MR) is 65.8 cm³/mol. The van der Waals surface area contributed by atoms with Crippen LogP contribution in [0.1, 0.15) is 25.0 Å². The van der Waals surface area contributed by atoms with E-state index in [1.54, 1.807) is 19.1 Å². The van der Waals surface area contributed by atoms with E-state index < -0.39 is 0 Å². The summed E-state index contributed by atoms with van der Waals surface area (Å²) in [6.45, 7) is 8.77. The van der Waals surface area contributed by atoms with Gasteiger partial charge in [0.25, 0.3) is 0 Å². The maximum absolute atomic E-state index is 13.0. The highest BCUT2D eigenvalue weighted by Crippen LogP contribution is 2.07. The highest BCUT2D eigenvalue weighted by molar-refractivity contribution is 5.37. The molecule has 0 amide bonds. The topological polar surface area (TPSA) is 3.24 Å². The Bertz CT molecular complexity index is 397. The molecule has 0 saturated heterocycles. The minimum absolute atomic E-state index is 0.172. The highest BCUT2D eigenvalue weighted by Gasteiger charge is 1.96. The lowest BCUT2D eigenvalue weighted by Gasteiger charge is -2.13. The van der Waals surface area contributed by atoms with Gasteiger partial charge in [0, 0.05) is 5.56 Å². The van der Waals surface area contributed by atoms with Crippen LogP contribution < -0.4 is 0 Å². The monoisotopic (exact) mass is 219 g/mol. The molecule has 0 heterocycles. The average Bonchev–Trinajstić information content (AvgIpc) is 2.29. The third-order valence-corrected chi connectivity index (χ3v) is 2.59. The molecule has 1 nitrogen and oxygen atoms in total. The minimum atomic E-state index is -0.172. The van der Waals surface area contributed by atoms with E-state index in [9.17, 15) is 4.39 Å². The van der Waals surface area contributed by atoms with Crippen molar-refractivity contribution in [3.63, 3.8) is 0 Å². The maximum Gasteiger partial charge on any atom is 0.126 e. The molecule has 0 N–H and O–H groups in total. The van der Waals surface area contributed by atoms with Gasteiger partial charge in [0.1, 0.15) is 5.82 Å². The summed E-state index contributed by atoms with van der Waals surface area (Å²) in [5.74, 6) is 5.99. The molecule has 0 saturated carbocycles. The molecule has 1 aromatic carbocycles. The van der Waals surface area contributed by atoms with Gasteiger partial charge in [-0.2, -0.15) is 0 Å². The molecule has 0 bridgehead atoms. The number of hydrogen-bond acceptors (Lipinski definition) is 1. The molecular formula is C14H18FN. The van der Waals surface area contributed by atoms with Crippen molar-refractivity contribution in [2.24, 2.45) is 0 Å². The number of nitrogens with zero attached hydrogens (tertiary/aromatic N) is 1. The third kappa shape index (κ3) is 3.67. The predicted octanol–water partition coefficient (Wildman–Crippen LogP) is 2.83. The summed E-state index contributed by atoms with van der Waals surface area (Å²) in [6, 6.07) is 4.97. The zero-order chi connectivity index (χ0) is 12.0. The molecule has 0 aliphatic carbocycles. The Balaban J connectivity index is 2.66. The first-order valence-corrected chi connectivity index (χ1v) is 5.64. The molecule has 1 aromatic rings. The van der Waals surface area contributed by atoms with Gasteiger partial charge in [0.2, 0.25) is 0 Å². The molecule has 0 fully saturated rings. The van der Waals surface area contributed by atoms with Gasteiger partial charge < -0.3 is 0 Å². The largest absolute Gasteiger partial charge is 0.293 e. The van der Waals surface area contributed by atoms with Crippen molar-refractivity contribution in [1.29, 1.82) is 0 Å². The number of hydrogen-bond donors (Lipinski definition) is 0. The fraction of sp³-hybridized carbons (Fsp3) is 0.429. The summed E-state index contributed by atoms with van der Waals surface area (Å²) < 4.78 is 13.0. The zero-order valence-corrected chi connectivity index (χ0v) is 10.2. The van der Waals surface area contributed by atoms with E-state index in [1.807, 2.05) is 0 Å². The van der Waals surface area contributed by atoms with E-state index >= 15 is 0 Å². The standard InChI is InChI=1S/C14H18FN/c1-4-16(5-2)10-6-7-13-8-9-14(15)12(3)11-13/h8-9,11H,4-5,10H2,1-3H3. The quantitative estimate of drug-likeness (QED) is 0.707. The first-order valence-electron chi connectivity index (χ1n) is 5.64. The number of aryl methyl sites for hydroxylation is 1. The van der Waals surface area contributed by atoms with Crippen LogP contribution in [0.25, 0.3) is 0 Å². The van der Waals surface area contributed by atoms with Crippen molar-refractivity contribution in [1.82, 2.24) is 4.90 Å². The Morgan fingerprint density at radius 3 is 2.50 bits per heavy atom. The Hall–Kier alpha value is -1.33. The maximum atomic E-state index is 13.0. The van der Waals surface area contributed by atoms with Crippen molar-refractivity contribution in [2.45, 2.75) is 20.8 Å². The Morgan fingerprint density at radius 2 is 1.94 bits per heavy atom. The molecule has 0 atom stereocenters. The second kappa shape index (κ2) is 6.30. The molecule has 0 spiro atoms. The zero-order valence-electron chi connectivity index (χ0n) is 10.2. The smallest absolute Gasteiger partial charge is 0.126 e. The van der Waals surface area contributed by atoms with Gasteiger partial charge in [-0.25, -0.2) is 4.39 Å². The lowest BCUT2D eigenvalue weighted by Crippen LogP contribution is -2.22. The Kier molecular flexibility index (Phi) is 5.01. The normalized spacial score (nSPS) is 10.1. The lowest BCUT2D eigenvalue weighted by atomic mass is 10.1. The molecule has 0 aliphatic heterocycles. The first kappa shape index (κ1) is 12.7. The Morgan fingerprint density at radius 1 is 1.25 bits per heavy atom. The lowest BCUT2D eigenvalue weighted by molar-refractivity contribution is 0.342. The molecule has 86 valence electrons. The van der Waals surface area contributed by atoms with Crippen LogP contribution in [0.2, 0.25) is 0 Å². The van der Waals surface area contributed by atoms with E-state index in [2.05, 4.69) is 30.6 Å². The van der Waals surface area contributed by atoms with Crippen LogP contribution in [0, 0.1) is 24.6 Å². The molecule has 2 heteroatoms. The number of rotatable bonds is 3. The van der Waals surface area contributed by atoms with Gasteiger partial charge in [0.05, 0.1) is 6.54 Å². The van der Waals surface area contributed by atoms with Crippen LogP contribution in [0.4, 0.5) is 4.39 Å². The summed E-state index contributed by atoms with van der Waals surface area (Å²) in [7, 11) is 0. The van der Waals surface area contributed by atoms with E-state index in [1.165, 1.54) is 6.07 Å². The van der Waals surface area contributed by atoms with Gasteiger partial charge in [-0.05, 0) is 43.8 Å². The molecule has 0 unspecified atom stereocenters. The number of benzene rings is 1. The van der Waals surface area contributed by atoms with Crippen molar-refractivity contribution in [3.8, 4) is 11.8 Å². The Labute approximate surface area is 97.3 Å². The second-order valence-corrected chi connectivity index (χ2v) is 3.73. The van der Waals surface area contributed by atoms with Crippen LogP contribution in [-0.4, -0.2) is 24.5 Å². The van der Waals surface area contributed by atoms with E-state index in [-0.39, 0.29) is 5.82 Å². The second-order valence-electron chi connectivity index (χ2n) is 3.73. The van der Waals surface area contributed by atoms with Crippen LogP contribution in [-0.2, 0) is 0 Å². The van der Waals surface area contributed by atoms with Crippen LogP contribution in [0.15, 0.2) is 18.2 Å². The summed E-state index contributed by atoms with van der Waals surface area (Å²) in [5.41, 5.74) is 1.53. The summed E-state index contributed by atoms with van der Waals surface area (Å²) >= 11 is 0. The van der Waals surface area contributed by atoms with Gasteiger partial charge in [-0.3, -0.25) is 4.90 Å². The first-order chi connectivity index (χ1) is 7.67. The van der Waals surface area contributed by atoms with Gasteiger partial charge in [-0.15, -0.1) is 0 Å². The fourth-order valence-corrected chi connectivity index (χ4v) is 1.42. The van der Waals surface area contributed by atoms with Gasteiger partial charge in [0.15, 0.2) is 0 Å². The fourth-order valence-electron chi connectivity index (χ4n) is 1.42. The van der Waals surface area contributed by atoms with Crippen molar-refractivity contribution < 1.29 is 4.39 Å². The van der Waals surface area contributed by atoms with Crippen molar-refractivity contribution in [3.05, 3.63) is 35.1 Å². The minimum Gasteiger partial charge on any atom is -0.293 e. The third-order valence-electron chi connectivity index (χ3n) is 2.59. The molecule has 16 heavy (non-hydrogen) atoms. The van der Waals surface area contributed by atoms with E-state index in [4.69, 9.17) is 0 Å². The van der Waals surface area contributed by atoms with Crippen molar-refractivity contribution >= 4 is 0 Å². The average molecular weight is 219 g/mol. The number of halogens is 1. The molecule has 1 rings (SSSR count). The SMILES string of the molecule is CCN(CC)CC#Cc1ccc(F)c(C)c1. The van der Waals surface area contributed by atoms with E-state index in [0.29, 0.717) is 5.56 Å². The van der Waals surface area contributed by atoms with Crippen molar-refractivity contribution in [2.75, 3.05) is 19.6 Å². The van der Waals surface area contributed by atoms with Crippen LogP contribution in [0.5, 0.6) is 0 Å². The van der Waals surface area contributed by atoms with Crippen LogP contribution in [0.3, 0.4) is 0 Å². The molecule has 0 radical (unpaired) electrons. The van der Waals surface area contributed by atoms with Gasteiger partial charge in [-0.1, -0.05) is 25.7 Å². The molecular weight excluding hydrogens is 201 g/mol. The summed E-state index contributed by atoms with van der Waals surface area (Å²) in [6.07, 6.45) is 0. The van der Waals surface area contributed by atoms with E-state index in [0.717, 1.165) is 25.2 Å². The molecule has 0 aliphatic rings. The van der Waals surface area contributed by atoms with Crippen LogP contribution >= 0.6 is 0 Å². The highest BCUT2D eigenvalue weighted by atomic mass is 19.1.